The van der Waals surface area contributed by atoms with Crippen LogP contribution < -0.4 is 10.1 Å². The lowest BCUT2D eigenvalue weighted by Crippen LogP contribution is -2.46. The van der Waals surface area contributed by atoms with Gasteiger partial charge in [0.2, 0.25) is 15.9 Å². The Balaban J connectivity index is 1.63. The average molecular weight is 422 g/mol. The second-order valence-corrected chi connectivity index (χ2v) is 9.26. The van der Waals surface area contributed by atoms with E-state index in [2.05, 4.69) is 15.4 Å². The topological polar surface area (TPSA) is 106 Å². The van der Waals surface area contributed by atoms with Crippen LogP contribution in [0.15, 0.2) is 24.5 Å². The monoisotopic (exact) mass is 421 g/mol. The van der Waals surface area contributed by atoms with Crippen LogP contribution in [-0.2, 0) is 28.3 Å². The van der Waals surface area contributed by atoms with Gasteiger partial charge in [-0.15, -0.1) is 0 Å². The van der Waals surface area contributed by atoms with Gasteiger partial charge in [-0.25, -0.2) is 8.42 Å². The lowest BCUT2D eigenvalue weighted by atomic mass is 10.1. The van der Waals surface area contributed by atoms with Crippen molar-refractivity contribution < 1.29 is 17.9 Å². The summed E-state index contributed by atoms with van der Waals surface area (Å²) in [5.74, 6) is 0.237. The van der Waals surface area contributed by atoms with Crippen LogP contribution >= 0.6 is 0 Å². The van der Waals surface area contributed by atoms with E-state index in [-0.39, 0.29) is 12.5 Å². The molecule has 0 spiro atoms. The number of pyridine rings is 1. The van der Waals surface area contributed by atoms with Crippen LogP contribution in [0.1, 0.15) is 23.4 Å². The lowest BCUT2D eigenvalue weighted by Gasteiger charge is -2.20. The Bertz CT molecular complexity index is 974. The van der Waals surface area contributed by atoms with Crippen molar-refractivity contribution in [3.05, 3.63) is 41.5 Å². The molecule has 29 heavy (non-hydrogen) atoms. The van der Waals surface area contributed by atoms with E-state index in [1.807, 2.05) is 25.6 Å². The van der Waals surface area contributed by atoms with Crippen LogP contribution in [0.3, 0.4) is 0 Å². The third-order valence-electron chi connectivity index (χ3n) is 5.22. The first-order chi connectivity index (χ1) is 13.7. The van der Waals surface area contributed by atoms with Gasteiger partial charge in [0, 0.05) is 31.9 Å². The largest absolute Gasteiger partial charge is 0.487 e. The molecule has 0 saturated carbocycles. The van der Waals surface area contributed by atoms with Gasteiger partial charge in [0.15, 0.2) is 0 Å². The van der Waals surface area contributed by atoms with Crippen LogP contribution in [0.2, 0.25) is 0 Å². The fourth-order valence-electron chi connectivity index (χ4n) is 3.68. The number of carbonyl (C=O) groups is 1. The Hall–Kier alpha value is -2.46. The number of aryl methyl sites for hydroxylation is 2. The lowest BCUT2D eigenvalue weighted by molar-refractivity contribution is -0.124. The zero-order chi connectivity index (χ0) is 21.2. The molecular formula is C19H27N5O4S. The highest BCUT2D eigenvalue weighted by Crippen LogP contribution is 2.25. The minimum atomic E-state index is -3.55. The molecule has 0 unspecified atom stereocenters. The summed E-state index contributed by atoms with van der Waals surface area (Å²) in [6.07, 6.45) is 4.83. The van der Waals surface area contributed by atoms with E-state index in [1.54, 1.807) is 24.5 Å². The summed E-state index contributed by atoms with van der Waals surface area (Å²) in [4.78, 5) is 16.8. The number of rotatable bonds is 7. The standard InChI is InChI=1S/C19H27N5O4S/c1-13-17(14(2)23(3)22-13)7-9-21-19(25)18-10-16(12-24(18)29(4,26)27)28-15-6-5-8-20-11-15/h5-6,8,11,16,18H,7,9-10,12H2,1-4H3,(H,21,25)/t16-,18-/m0/s1. The quantitative estimate of drug-likeness (QED) is 0.701. The number of amides is 1. The number of nitrogens with zero attached hydrogens (tertiary/aromatic N) is 4. The van der Waals surface area contributed by atoms with E-state index < -0.39 is 22.2 Å². The summed E-state index contributed by atoms with van der Waals surface area (Å²) >= 11 is 0. The van der Waals surface area contributed by atoms with E-state index in [0.29, 0.717) is 25.1 Å². The maximum Gasteiger partial charge on any atom is 0.238 e. The molecule has 2 aromatic rings. The molecule has 3 rings (SSSR count). The van der Waals surface area contributed by atoms with E-state index in [4.69, 9.17) is 4.74 Å². The van der Waals surface area contributed by atoms with Crippen molar-refractivity contribution in [3.8, 4) is 5.75 Å². The first-order valence-electron chi connectivity index (χ1n) is 9.47. The molecule has 158 valence electrons. The van der Waals surface area contributed by atoms with E-state index in [0.717, 1.165) is 23.2 Å². The zero-order valence-electron chi connectivity index (χ0n) is 17.1. The summed E-state index contributed by atoms with van der Waals surface area (Å²) < 4.78 is 33.3. The maximum atomic E-state index is 12.8. The molecule has 1 aliphatic heterocycles. The number of hydrogen-bond acceptors (Lipinski definition) is 6. The van der Waals surface area contributed by atoms with Crippen molar-refractivity contribution in [2.75, 3.05) is 19.3 Å². The summed E-state index contributed by atoms with van der Waals surface area (Å²) in [6.45, 7) is 4.47. The molecule has 10 heteroatoms. The van der Waals surface area contributed by atoms with Crippen LogP contribution in [0, 0.1) is 13.8 Å². The summed E-state index contributed by atoms with van der Waals surface area (Å²) in [6, 6.07) is 2.71. The number of hydrogen-bond donors (Lipinski definition) is 1. The molecule has 0 bridgehead atoms. The smallest absolute Gasteiger partial charge is 0.238 e. The number of ether oxygens (including phenoxy) is 1. The Kier molecular flexibility index (Phi) is 6.23. The Morgan fingerprint density at radius 2 is 2.14 bits per heavy atom. The molecule has 0 radical (unpaired) electrons. The molecule has 1 saturated heterocycles. The van der Waals surface area contributed by atoms with Crippen LogP contribution in [0.25, 0.3) is 0 Å². The van der Waals surface area contributed by atoms with Crippen molar-refractivity contribution in [1.29, 1.82) is 0 Å². The van der Waals surface area contributed by atoms with E-state index >= 15 is 0 Å². The van der Waals surface area contributed by atoms with Gasteiger partial charge >= 0.3 is 0 Å². The third-order valence-corrected chi connectivity index (χ3v) is 6.47. The van der Waals surface area contributed by atoms with Crippen LogP contribution in [0.4, 0.5) is 0 Å². The molecule has 1 fully saturated rings. The Morgan fingerprint density at radius 1 is 1.38 bits per heavy atom. The molecular weight excluding hydrogens is 394 g/mol. The van der Waals surface area contributed by atoms with Gasteiger partial charge in [-0.05, 0) is 38.0 Å². The summed E-state index contributed by atoms with van der Waals surface area (Å²) in [7, 11) is -1.66. The fraction of sp³-hybridized carbons (Fsp3) is 0.526. The number of aromatic nitrogens is 3. The van der Waals surface area contributed by atoms with Gasteiger partial charge in [0.1, 0.15) is 17.9 Å². The second kappa shape index (κ2) is 8.50. The molecule has 2 aromatic heterocycles. The average Bonchev–Trinajstić information content (AvgIpc) is 3.18. The minimum Gasteiger partial charge on any atom is -0.487 e. The maximum absolute atomic E-state index is 12.8. The molecule has 3 heterocycles. The third kappa shape index (κ3) is 4.94. The molecule has 0 aromatic carbocycles. The molecule has 1 amide bonds. The van der Waals surface area contributed by atoms with E-state index in [1.165, 1.54) is 4.31 Å². The van der Waals surface area contributed by atoms with Gasteiger partial charge in [0.25, 0.3) is 0 Å². The highest BCUT2D eigenvalue weighted by molar-refractivity contribution is 7.88. The highest BCUT2D eigenvalue weighted by atomic mass is 32.2. The van der Waals surface area contributed by atoms with Crippen molar-refractivity contribution >= 4 is 15.9 Å². The predicted molar refractivity (Wildman–Crippen MR) is 108 cm³/mol. The van der Waals surface area contributed by atoms with Gasteiger partial charge in [-0.3, -0.25) is 14.5 Å². The first-order valence-corrected chi connectivity index (χ1v) is 11.3. The number of carbonyl (C=O) groups excluding carboxylic acids is 1. The predicted octanol–water partition coefficient (Wildman–Crippen LogP) is 0.572. The fourth-order valence-corrected chi connectivity index (χ4v) is 4.76. The van der Waals surface area contributed by atoms with Gasteiger partial charge in [-0.2, -0.15) is 9.40 Å². The Labute approximate surface area is 171 Å². The molecule has 1 N–H and O–H groups in total. The van der Waals surface area contributed by atoms with Crippen molar-refractivity contribution in [2.45, 2.75) is 38.8 Å². The molecule has 0 aliphatic carbocycles. The van der Waals surface area contributed by atoms with E-state index in [9.17, 15) is 13.2 Å². The van der Waals surface area contributed by atoms with Gasteiger partial charge in [0.05, 0.1) is 24.7 Å². The molecule has 2 atom stereocenters. The molecule has 9 nitrogen and oxygen atoms in total. The zero-order valence-corrected chi connectivity index (χ0v) is 17.9. The van der Waals surface area contributed by atoms with Crippen molar-refractivity contribution in [2.24, 2.45) is 7.05 Å². The van der Waals surface area contributed by atoms with Crippen molar-refractivity contribution in [3.63, 3.8) is 0 Å². The van der Waals surface area contributed by atoms with Crippen LogP contribution in [0.5, 0.6) is 5.75 Å². The normalized spacial score (nSPS) is 20.0. The van der Waals surface area contributed by atoms with Crippen LogP contribution in [-0.4, -0.2) is 64.9 Å². The second-order valence-electron chi connectivity index (χ2n) is 7.33. The summed E-state index contributed by atoms with van der Waals surface area (Å²) in [5, 5.41) is 7.25. The summed E-state index contributed by atoms with van der Waals surface area (Å²) in [5.41, 5.74) is 3.08. The SMILES string of the molecule is Cc1nn(C)c(C)c1CCNC(=O)[C@@H]1C[C@H](Oc2cccnc2)CN1S(C)(=O)=O. The highest BCUT2D eigenvalue weighted by Gasteiger charge is 2.42. The molecule has 1 aliphatic rings. The number of sulfonamides is 1. The number of nitrogens with one attached hydrogen (secondary N) is 1. The van der Waals surface area contributed by atoms with Crippen molar-refractivity contribution in [1.82, 2.24) is 24.4 Å². The Morgan fingerprint density at radius 3 is 2.72 bits per heavy atom. The minimum absolute atomic E-state index is 0.132. The van der Waals surface area contributed by atoms with Gasteiger partial charge < -0.3 is 10.1 Å². The van der Waals surface area contributed by atoms with Gasteiger partial charge in [-0.1, -0.05) is 0 Å². The first kappa shape index (κ1) is 21.3.